The lowest BCUT2D eigenvalue weighted by Gasteiger charge is -2.14. The van der Waals surface area contributed by atoms with Gasteiger partial charge in [0.05, 0.1) is 19.6 Å². The molecule has 0 aromatic carbocycles. The van der Waals surface area contributed by atoms with Crippen LogP contribution >= 0.6 is 0 Å². The molecule has 2 N–H and O–H groups in total. The van der Waals surface area contributed by atoms with Crippen molar-refractivity contribution < 1.29 is 19.4 Å². The number of aliphatic carboxylic acids is 1. The van der Waals surface area contributed by atoms with Gasteiger partial charge in [0, 0.05) is 19.7 Å². The number of carbonyl (C=O) groups is 1. The number of carboxylic acid groups (broad SMARTS) is 1. The largest absolute Gasteiger partial charge is 0.481 e. The molecule has 0 saturated carbocycles. The molecule has 18 heavy (non-hydrogen) atoms. The first-order chi connectivity index (χ1) is 8.55. The van der Waals surface area contributed by atoms with Crippen LogP contribution in [0.3, 0.4) is 0 Å². The van der Waals surface area contributed by atoms with Crippen molar-refractivity contribution in [2.24, 2.45) is 0 Å². The van der Waals surface area contributed by atoms with Gasteiger partial charge >= 0.3 is 5.97 Å². The van der Waals surface area contributed by atoms with Gasteiger partial charge in [-0.1, -0.05) is 0 Å². The number of hydrogen-bond acceptors (Lipinski definition) is 6. The number of nitrogens with zero attached hydrogens (tertiary/aromatic N) is 2. The molecule has 1 heterocycles. The first-order valence-corrected chi connectivity index (χ1v) is 5.43. The quantitative estimate of drug-likeness (QED) is 0.740. The van der Waals surface area contributed by atoms with Crippen LogP contribution in [0.25, 0.3) is 0 Å². The Morgan fingerprint density at radius 1 is 1.50 bits per heavy atom. The molecule has 0 aliphatic carbocycles. The van der Waals surface area contributed by atoms with Crippen LogP contribution in [-0.2, 0) is 9.53 Å². The number of carboxylic acids is 1. The van der Waals surface area contributed by atoms with Crippen molar-refractivity contribution >= 4 is 11.8 Å². The Bertz CT molecular complexity index is 411. The van der Waals surface area contributed by atoms with Gasteiger partial charge in [0.1, 0.15) is 11.6 Å². The Morgan fingerprint density at radius 3 is 2.78 bits per heavy atom. The maximum Gasteiger partial charge on any atom is 0.306 e. The van der Waals surface area contributed by atoms with Crippen LogP contribution in [0, 0.1) is 6.92 Å². The molecule has 0 spiro atoms. The molecule has 100 valence electrons. The number of nitrogens with one attached hydrogen (secondary N) is 1. The number of ether oxygens (including phenoxy) is 2. The van der Waals surface area contributed by atoms with E-state index in [-0.39, 0.29) is 6.42 Å². The minimum absolute atomic E-state index is 0.0648. The molecule has 0 fully saturated rings. The molecule has 0 amide bonds. The highest BCUT2D eigenvalue weighted by atomic mass is 16.5. The summed E-state index contributed by atoms with van der Waals surface area (Å²) in [4.78, 5) is 18.8. The Morgan fingerprint density at radius 2 is 2.22 bits per heavy atom. The summed E-state index contributed by atoms with van der Waals surface area (Å²) in [6.07, 6.45) is -0.478. The van der Waals surface area contributed by atoms with E-state index in [0.29, 0.717) is 24.1 Å². The molecule has 0 aliphatic heterocycles. The second-order valence-electron chi connectivity index (χ2n) is 3.68. The van der Waals surface area contributed by atoms with E-state index in [9.17, 15) is 4.79 Å². The molecule has 7 heteroatoms. The van der Waals surface area contributed by atoms with Gasteiger partial charge in [-0.3, -0.25) is 4.79 Å². The van der Waals surface area contributed by atoms with Crippen molar-refractivity contribution in [1.29, 1.82) is 0 Å². The molecule has 0 aliphatic rings. The van der Waals surface area contributed by atoms with E-state index < -0.39 is 12.1 Å². The fraction of sp³-hybridized carbons (Fsp3) is 0.545. The first-order valence-electron chi connectivity index (χ1n) is 5.43. The SMILES string of the molecule is COc1cc(NCC(CC(=O)O)OC)nc(C)n1. The number of aryl methyl sites for hydroxylation is 1. The third-order valence-electron chi connectivity index (χ3n) is 2.27. The molecule has 1 aromatic rings. The van der Waals surface area contributed by atoms with Gasteiger partial charge in [0.15, 0.2) is 0 Å². The van der Waals surface area contributed by atoms with E-state index in [1.165, 1.54) is 14.2 Å². The molecule has 1 aromatic heterocycles. The topological polar surface area (TPSA) is 93.6 Å². The predicted octanol–water partition coefficient (Wildman–Crippen LogP) is 0.695. The Kier molecular flexibility index (Phi) is 5.31. The standard InChI is InChI=1S/C11H17N3O4/c1-7-13-9(5-10(14-7)18-3)12-6-8(17-2)4-11(15)16/h5,8H,4,6H2,1-3H3,(H,15,16)(H,12,13,14). The van der Waals surface area contributed by atoms with Gasteiger partial charge in [-0.05, 0) is 6.92 Å². The van der Waals surface area contributed by atoms with Crippen LogP contribution in [0.15, 0.2) is 6.07 Å². The van der Waals surface area contributed by atoms with Gasteiger partial charge in [0.2, 0.25) is 5.88 Å². The van der Waals surface area contributed by atoms with E-state index in [2.05, 4.69) is 15.3 Å². The summed E-state index contributed by atoms with van der Waals surface area (Å²) in [7, 11) is 3.00. The van der Waals surface area contributed by atoms with Gasteiger partial charge in [0.25, 0.3) is 0 Å². The van der Waals surface area contributed by atoms with Crippen LogP contribution in [0.2, 0.25) is 0 Å². The molecule has 1 unspecified atom stereocenters. The van der Waals surface area contributed by atoms with Crippen LogP contribution < -0.4 is 10.1 Å². The highest BCUT2D eigenvalue weighted by Crippen LogP contribution is 2.13. The average molecular weight is 255 g/mol. The van der Waals surface area contributed by atoms with E-state index in [0.717, 1.165) is 0 Å². The van der Waals surface area contributed by atoms with Crippen molar-refractivity contribution in [3.05, 3.63) is 11.9 Å². The highest BCUT2D eigenvalue weighted by molar-refractivity contribution is 5.67. The maximum atomic E-state index is 10.6. The predicted molar refractivity (Wildman–Crippen MR) is 64.9 cm³/mol. The number of anilines is 1. The summed E-state index contributed by atoms with van der Waals surface area (Å²) in [5.74, 6) is 0.702. The monoisotopic (exact) mass is 255 g/mol. The Balaban J connectivity index is 2.61. The molecule has 7 nitrogen and oxygen atoms in total. The van der Waals surface area contributed by atoms with Gasteiger partial charge in [-0.2, -0.15) is 4.98 Å². The third-order valence-corrected chi connectivity index (χ3v) is 2.27. The fourth-order valence-electron chi connectivity index (χ4n) is 1.39. The lowest BCUT2D eigenvalue weighted by Crippen LogP contribution is -2.25. The van der Waals surface area contributed by atoms with E-state index in [1.54, 1.807) is 13.0 Å². The van der Waals surface area contributed by atoms with E-state index in [4.69, 9.17) is 14.6 Å². The first kappa shape index (κ1) is 14.2. The molecule has 1 atom stereocenters. The zero-order chi connectivity index (χ0) is 13.5. The number of rotatable bonds is 7. The number of hydrogen-bond donors (Lipinski definition) is 2. The van der Waals surface area contributed by atoms with Crippen molar-refractivity contribution in [3.63, 3.8) is 0 Å². The fourth-order valence-corrected chi connectivity index (χ4v) is 1.39. The minimum Gasteiger partial charge on any atom is -0.481 e. The van der Waals surface area contributed by atoms with Crippen LogP contribution in [0.4, 0.5) is 5.82 Å². The van der Waals surface area contributed by atoms with Crippen LogP contribution in [0.1, 0.15) is 12.2 Å². The zero-order valence-electron chi connectivity index (χ0n) is 10.6. The second kappa shape index (κ2) is 6.75. The lowest BCUT2D eigenvalue weighted by atomic mass is 10.2. The molecule has 0 bridgehead atoms. The molecule has 1 rings (SSSR count). The van der Waals surface area contributed by atoms with Gasteiger partial charge < -0.3 is 19.9 Å². The summed E-state index contributed by atoms with van der Waals surface area (Å²) < 4.78 is 10.1. The number of methoxy groups -OCH3 is 2. The lowest BCUT2D eigenvalue weighted by molar-refractivity contribution is -0.139. The van der Waals surface area contributed by atoms with Crippen molar-refractivity contribution in [2.75, 3.05) is 26.1 Å². The third kappa shape index (κ3) is 4.54. The van der Waals surface area contributed by atoms with Crippen LogP contribution in [-0.4, -0.2) is 47.9 Å². The van der Waals surface area contributed by atoms with Gasteiger partial charge in [-0.15, -0.1) is 0 Å². The zero-order valence-corrected chi connectivity index (χ0v) is 10.6. The summed E-state index contributed by atoms with van der Waals surface area (Å²) in [5.41, 5.74) is 0. The van der Waals surface area contributed by atoms with Crippen LogP contribution in [0.5, 0.6) is 5.88 Å². The smallest absolute Gasteiger partial charge is 0.306 e. The molecule has 0 saturated heterocycles. The summed E-state index contributed by atoms with van der Waals surface area (Å²) in [5, 5.41) is 11.7. The average Bonchev–Trinajstić information content (AvgIpc) is 2.33. The van der Waals surface area contributed by atoms with Crippen molar-refractivity contribution in [2.45, 2.75) is 19.4 Å². The summed E-state index contributed by atoms with van der Waals surface area (Å²) in [6.45, 7) is 2.10. The second-order valence-corrected chi connectivity index (χ2v) is 3.68. The van der Waals surface area contributed by atoms with Crippen molar-refractivity contribution in [3.8, 4) is 5.88 Å². The summed E-state index contributed by atoms with van der Waals surface area (Å²) >= 11 is 0. The van der Waals surface area contributed by atoms with Crippen molar-refractivity contribution in [1.82, 2.24) is 9.97 Å². The summed E-state index contributed by atoms with van der Waals surface area (Å²) in [6, 6.07) is 1.64. The Labute approximate surface area is 105 Å². The minimum atomic E-state index is -0.903. The normalized spacial score (nSPS) is 11.9. The molecule has 0 radical (unpaired) electrons. The van der Waals surface area contributed by atoms with E-state index >= 15 is 0 Å². The number of aromatic nitrogens is 2. The Hall–Kier alpha value is -1.89. The van der Waals surface area contributed by atoms with Gasteiger partial charge in [-0.25, -0.2) is 4.98 Å². The molecular weight excluding hydrogens is 238 g/mol. The molecular formula is C11H17N3O4. The van der Waals surface area contributed by atoms with E-state index in [1.807, 2.05) is 0 Å². The maximum absolute atomic E-state index is 10.6. The highest BCUT2D eigenvalue weighted by Gasteiger charge is 2.12.